The zero-order valence-electron chi connectivity index (χ0n) is 17.7. The van der Waals surface area contributed by atoms with Crippen LogP contribution in [0.1, 0.15) is 55.5 Å². The predicted octanol–water partition coefficient (Wildman–Crippen LogP) is 5.31. The van der Waals surface area contributed by atoms with E-state index in [-0.39, 0.29) is 12.5 Å². The van der Waals surface area contributed by atoms with Crippen LogP contribution in [0.25, 0.3) is 0 Å². The fourth-order valence-corrected chi connectivity index (χ4v) is 3.40. The number of rotatable bonds is 12. The molecule has 0 saturated heterocycles. The molecule has 1 amide bonds. The fourth-order valence-electron chi connectivity index (χ4n) is 3.04. The van der Waals surface area contributed by atoms with Gasteiger partial charge in [-0.2, -0.15) is 0 Å². The number of halogens is 1. The summed E-state index contributed by atoms with van der Waals surface area (Å²) < 4.78 is 11.8. The Morgan fingerprint density at radius 3 is 2.50 bits per heavy atom. The van der Waals surface area contributed by atoms with E-state index in [1.807, 2.05) is 36.4 Å². The van der Waals surface area contributed by atoms with Gasteiger partial charge in [-0.1, -0.05) is 72.4 Å². The summed E-state index contributed by atoms with van der Waals surface area (Å²) in [6, 6.07) is 14.1. The number of nitrogens with one attached hydrogen (secondary N) is 1. The van der Waals surface area contributed by atoms with Crippen molar-refractivity contribution in [1.29, 1.82) is 0 Å². The first-order valence-corrected chi connectivity index (χ1v) is 11.3. The minimum atomic E-state index is -0.781. The molecule has 1 unspecified atom stereocenters. The lowest BCUT2D eigenvalue weighted by atomic mass is 10.1. The number of carbonyl (C=O) groups excluding carboxylic acids is 2. The molecule has 0 aliphatic carbocycles. The van der Waals surface area contributed by atoms with Gasteiger partial charge in [0, 0.05) is 10.9 Å². The zero-order chi connectivity index (χ0) is 21.8. The topological polar surface area (TPSA) is 64.6 Å². The van der Waals surface area contributed by atoms with Crippen LogP contribution in [-0.4, -0.2) is 31.1 Å². The van der Waals surface area contributed by atoms with Crippen molar-refractivity contribution in [1.82, 2.24) is 5.32 Å². The SMILES string of the molecule is CCCCCCOc1ccc(Br)cc1C(=O)NC(Cc1ccccc1)C(=O)OCC. The average Bonchev–Trinajstić information content (AvgIpc) is 2.74. The van der Waals surface area contributed by atoms with Gasteiger partial charge in [0.25, 0.3) is 5.91 Å². The van der Waals surface area contributed by atoms with Gasteiger partial charge in [0.15, 0.2) is 0 Å². The summed E-state index contributed by atoms with van der Waals surface area (Å²) in [5.41, 5.74) is 1.33. The molecule has 2 aromatic rings. The summed E-state index contributed by atoms with van der Waals surface area (Å²) in [5.74, 6) is -0.310. The molecule has 1 N–H and O–H groups in total. The molecule has 6 heteroatoms. The maximum absolute atomic E-state index is 13.0. The van der Waals surface area contributed by atoms with Crippen molar-refractivity contribution in [2.24, 2.45) is 0 Å². The Labute approximate surface area is 187 Å². The largest absolute Gasteiger partial charge is 0.493 e. The van der Waals surface area contributed by atoms with Crippen molar-refractivity contribution >= 4 is 27.8 Å². The van der Waals surface area contributed by atoms with E-state index in [1.54, 1.807) is 19.1 Å². The monoisotopic (exact) mass is 475 g/mol. The Balaban J connectivity index is 2.13. The Bertz CT molecular complexity index is 810. The Hall–Kier alpha value is -2.34. The van der Waals surface area contributed by atoms with E-state index in [2.05, 4.69) is 28.2 Å². The number of esters is 1. The highest BCUT2D eigenvalue weighted by Crippen LogP contribution is 2.24. The van der Waals surface area contributed by atoms with E-state index in [0.29, 0.717) is 24.3 Å². The van der Waals surface area contributed by atoms with E-state index in [0.717, 1.165) is 35.7 Å². The molecule has 0 fully saturated rings. The first kappa shape index (κ1) is 23.9. The minimum Gasteiger partial charge on any atom is -0.493 e. The van der Waals surface area contributed by atoms with Crippen LogP contribution in [0.2, 0.25) is 0 Å². The third-order valence-corrected chi connectivity index (χ3v) is 5.09. The molecule has 0 spiro atoms. The Morgan fingerprint density at radius 2 is 1.80 bits per heavy atom. The molecule has 1 atom stereocenters. The second-order valence-electron chi connectivity index (χ2n) is 7.02. The van der Waals surface area contributed by atoms with Crippen LogP contribution in [0.5, 0.6) is 5.75 Å². The van der Waals surface area contributed by atoms with Gasteiger partial charge in [0.05, 0.1) is 18.8 Å². The highest BCUT2D eigenvalue weighted by atomic mass is 79.9. The highest BCUT2D eigenvalue weighted by Gasteiger charge is 2.24. The minimum absolute atomic E-state index is 0.253. The molecule has 0 saturated carbocycles. The number of benzene rings is 2. The highest BCUT2D eigenvalue weighted by molar-refractivity contribution is 9.10. The molecule has 30 heavy (non-hydrogen) atoms. The van der Waals surface area contributed by atoms with Gasteiger partial charge in [0.1, 0.15) is 11.8 Å². The lowest BCUT2D eigenvalue weighted by molar-refractivity contribution is -0.145. The van der Waals surface area contributed by atoms with Crippen LogP contribution < -0.4 is 10.1 Å². The van der Waals surface area contributed by atoms with Gasteiger partial charge in [-0.3, -0.25) is 4.79 Å². The Morgan fingerprint density at radius 1 is 1.03 bits per heavy atom. The molecule has 2 rings (SSSR count). The van der Waals surface area contributed by atoms with Crippen LogP contribution in [0.3, 0.4) is 0 Å². The quantitative estimate of drug-likeness (QED) is 0.333. The van der Waals surface area contributed by atoms with Gasteiger partial charge < -0.3 is 14.8 Å². The van der Waals surface area contributed by atoms with Crippen molar-refractivity contribution in [3.8, 4) is 5.75 Å². The van der Waals surface area contributed by atoms with Crippen LogP contribution in [0.15, 0.2) is 53.0 Å². The average molecular weight is 476 g/mol. The number of hydrogen-bond donors (Lipinski definition) is 1. The number of hydrogen-bond acceptors (Lipinski definition) is 4. The van der Waals surface area contributed by atoms with E-state index < -0.39 is 12.0 Å². The van der Waals surface area contributed by atoms with Crippen LogP contribution >= 0.6 is 15.9 Å². The van der Waals surface area contributed by atoms with Crippen molar-refractivity contribution in [3.63, 3.8) is 0 Å². The molecule has 0 heterocycles. The van der Waals surface area contributed by atoms with Crippen molar-refractivity contribution < 1.29 is 19.1 Å². The van der Waals surface area contributed by atoms with Gasteiger partial charge in [0.2, 0.25) is 0 Å². The summed E-state index contributed by atoms with van der Waals surface area (Å²) in [7, 11) is 0. The van der Waals surface area contributed by atoms with E-state index in [9.17, 15) is 9.59 Å². The third-order valence-electron chi connectivity index (χ3n) is 4.60. The number of amides is 1. The lowest BCUT2D eigenvalue weighted by Gasteiger charge is -2.19. The molecule has 0 aliphatic rings. The van der Waals surface area contributed by atoms with E-state index >= 15 is 0 Å². The van der Waals surface area contributed by atoms with Crippen molar-refractivity contribution in [2.75, 3.05) is 13.2 Å². The molecule has 5 nitrogen and oxygen atoms in total. The summed E-state index contributed by atoms with van der Waals surface area (Å²) in [6.45, 7) is 4.71. The molecule has 0 bridgehead atoms. The second-order valence-corrected chi connectivity index (χ2v) is 7.93. The number of unbranched alkanes of at least 4 members (excludes halogenated alkanes) is 3. The molecular weight excluding hydrogens is 446 g/mol. The molecule has 2 aromatic carbocycles. The van der Waals surface area contributed by atoms with Crippen molar-refractivity contribution in [3.05, 3.63) is 64.1 Å². The van der Waals surface area contributed by atoms with Crippen LogP contribution in [0.4, 0.5) is 0 Å². The first-order chi connectivity index (χ1) is 14.5. The van der Waals surface area contributed by atoms with Gasteiger partial charge in [-0.25, -0.2) is 4.79 Å². The van der Waals surface area contributed by atoms with Crippen LogP contribution in [-0.2, 0) is 16.0 Å². The smallest absolute Gasteiger partial charge is 0.328 e. The van der Waals surface area contributed by atoms with Gasteiger partial charge in [-0.15, -0.1) is 0 Å². The normalized spacial score (nSPS) is 11.6. The molecule has 0 radical (unpaired) electrons. The summed E-state index contributed by atoms with van der Waals surface area (Å²) >= 11 is 3.41. The fraction of sp³-hybridized carbons (Fsp3) is 0.417. The lowest BCUT2D eigenvalue weighted by Crippen LogP contribution is -2.43. The number of ether oxygens (including phenoxy) is 2. The van der Waals surface area contributed by atoms with Gasteiger partial charge >= 0.3 is 5.97 Å². The summed E-state index contributed by atoms with van der Waals surface area (Å²) in [6.07, 6.45) is 4.70. The summed E-state index contributed by atoms with van der Waals surface area (Å²) in [4.78, 5) is 25.5. The maximum atomic E-state index is 13.0. The third kappa shape index (κ3) is 7.82. The van der Waals surface area contributed by atoms with Crippen LogP contribution in [0, 0.1) is 0 Å². The van der Waals surface area contributed by atoms with E-state index in [1.165, 1.54) is 0 Å². The molecule has 162 valence electrons. The van der Waals surface area contributed by atoms with Crippen molar-refractivity contribution in [2.45, 2.75) is 52.0 Å². The standard InChI is InChI=1S/C24H30BrNO4/c1-3-5-6-10-15-30-22-14-13-19(25)17-20(22)23(27)26-21(24(28)29-4-2)16-18-11-8-7-9-12-18/h7-9,11-14,17,21H,3-6,10,15-16H2,1-2H3,(H,26,27). The molecule has 0 aliphatic heterocycles. The maximum Gasteiger partial charge on any atom is 0.328 e. The number of carbonyl (C=O) groups is 2. The molecule has 0 aromatic heterocycles. The first-order valence-electron chi connectivity index (χ1n) is 10.5. The predicted molar refractivity (Wildman–Crippen MR) is 122 cm³/mol. The summed E-state index contributed by atoms with van der Waals surface area (Å²) in [5, 5.41) is 2.83. The van der Waals surface area contributed by atoms with Gasteiger partial charge in [-0.05, 0) is 37.1 Å². The zero-order valence-corrected chi connectivity index (χ0v) is 19.2. The second kappa shape index (κ2) is 13.1. The Kier molecular flexibility index (Phi) is 10.4. The van der Waals surface area contributed by atoms with E-state index in [4.69, 9.17) is 9.47 Å². The molecular formula is C24H30BrNO4.